The Balaban J connectivity index is 1.85. The molecule has 0 heterocycles. The smallest absolute Gasteiger partial charge is 0.307 e. The highest BCUT2D eigenvalue weighted by molar-refractivity contribution is 5.78. The Hall–Kier alpha value is -2.66. The van der Waals surface area contributed by atoms with Gasteiger partial charge in [0.2, 0.25) is 5.91 Å². The molecule has 0 spiro atoms. The third-order valence-electron chi connectivity index (χ3n) is 3.84. The summed E-state index contributed by atoms with van der Waals surface area (Å²) in [4.78, 5) is 23.8. The van der Waals surface area contributed by atoms with Crippen LogP contribution in [-0.2, 0) is 27.4 Å². The zero-order valence-corrected chi connectivity index (χ0v) is 14.4. The Bertz CT molecular complexity index is 659. The number of methoxy groups -OCH3 is 1. The zero-order valence-electron chi connectivity index (χ0n) is 14.4. The molecule has 0 fully saturated rings. The van der Waals surface area contributed by atoms with Gasteiger partial charge in [-0.2, -0.15) is 0 Å². The van der Waals surface area contributed by atoms with E-state index in [-0.39, 0.29) is 30.8 Å². The first kappa shape index (κ1) is 18.7. The Labute approximate surface area is 148 Å². The lowest BCUT2D eigenvalue weighted by atomic mass is 10.1. The SMILES string of the molecule is COC(=O)C[C@H](CC(=O)NCc1ccccc1)NCc1ccccc1. The molecular formula is C20H24N2O3. The molecule has 132 valence electrons. The van der Waals surface area contributed by atoms with E-state index in [1.165, 1.54) is 7.11 Å². The molecule has 0 aromatic heterocycles. The summed E-state index contributed by atoms with van der Waals surface area (Å²) in [6.07, 6.45) is 0.372. The number of amides is 1. The maximum atomic E-state index is 12.2. The summed E-state index contributed by atoms with van der Waals surface area (Å²) in [5, 5.41) is 6.16. The van der Waals surface area contributed by atoms with Gasteiger partial charge in [-0.05, 0) is 11.1 Å². The van der Waals surface area contributed by atoms with Gasteiger partial charge < -0.3 is 15.4 Å². The van der Waals surface area contributed by atoms with Crippen molar-refractivity contribution in [3.05, 3.63) is 71.8 Å². The van der Waals surface area contributed by atoms with Gasteiger partial charge in [-0.3, -0.25) is 9.59 Å². The molecule has 2 N–H and O–H groups in total. The highest BCUT2D eigenvalue weighted by Gasteiger charge is 2.17. The average Bonchev–Trinajstić information content (AvgIpc) is 2.66. The van der Waals surface area contributed by atoms with Crippen LogP contribution in [0, 0.1) is 0 Å². The molecule has 5 nitrogen and oxygen atoms in total. The van der Waals surface area contributed by atoms with Crippen LogP contribution in [0.5, 0.6) is 0 Å². The molecule has 1 amide bonds. The molecule has 0 aliphatic heterocycles. The van der Waals surface area contributed by atoms with E-state index >= 15 is 0 Å². The van der Waals surface area contributed by atoms with E-state index < -0.39 is 0 Å². The van der Waals surface area contributed by atoms with Crippen molar-refractivity contribution in [2.75, 3.05) is 7.11 Å². The fourth-order valence-corrected chi connectivity index (χ4v) is 2.45. The minimum absolute atomic E-state index is 0.0988. The maximum Gasteiger partial charge on any atom is 0.307 e. The lowest BCUT2D eigenvalue weighted by Gasteiger charge is -2.17. The van der Waals surface area contributed by atoms with Crippen molar-refractivity contribution in [3.63, 3.8) is 0 Å². The van der Waals surface area contributed by atoms with Crippen molar-refractivity contribution in [1.82, 2.24) is 10.6 Å². The highest BCUT2D eigenvalue weighted by atomic mass is 16.5. The molecule has 0 aliphatic rings. The summed E-state index contributed by atoms with van der Waals surface area (Å²) >= 11 is 0. The van der Waals surface area contributed by atoms with Crippen LogP contribution in [0.4, 0.5) is 0 Å². The molecule has 5 heteroatoms. The summed E-state index contributed by atoms with van der Waals surface area (Å²) in [5.41, 5.74) is 2.14. The molecule has 2 aromatic carbocycles. The summed E-state index contributed by atoms with van der Waals surface area (Å²) in [7, 11) is 1.35. The second kappa shape index (κ2) is 10.3. The van der Waals surface area contributed by atoms with Gasteiger partial charge >= 0.3 is 5.97 Å². The van der Waals surface area contributed by atoms with Crippen molar-refractivity contribution in [3.8, 4) is 0 Å². The summed E-state index contributed by atoms with van der Waals surface area (Å²) in [5.74, 6) is -0.431. The molecule has 2 rings (SSSR count). The standard InChI is InChI=1S/C20H24N2O3/c1-25-20(24)13-18(21-14-16-8-4-2-5-9-16)12-19(23)22-15-17-10-6-3-7-11-17/h2-11,18,21H,12-15H2,1H3,(H,22,23)/t18-/m0/s1. The molecule has 0 saturated heterocycles. The Morgan fingerprint density at radius 1 is 0.880 bits per heavy atom. The van der Waals surface area contributed by atoms with Gasteiger partial charge in [0.1, 0.15) is 0 Å². The highest BCUT2D eigenvalue weighted by Crippen LogP contribution is 2.05. The molecule has 0 saturated carbocycles. The minimum atomic E-state index is -0.332. The molecule has 0 unspecified atom stereocenters. The quantitative estimate of drug-likeness (QED) is 0.688. The molecule has 0 bridgehead atoms. The van der Waals surface area contributed by atoms with Crippen LogP contribution in [-0.4, -0.2) is 25.0 Å². The minimum Gasteiger partial charge on any atom is -0.469 e. The predicted molar refractivity (Wildman–Crippen MR) is 96.6 cm³/mol. The van der Waals surface area contributed by atoms with Crippen LogP contribution in [0.3, 0.4) is 0 Å². The van der Waals surface area contributed by atoms with Crippen LogP contribution >= 0.6 is 0 Å². The van der Waals surface area contributed by atoms with E-state index in [2.05, 4.69) is 10.6 Å². The average molecular weight is 340 g/mol. The predicted octanol–water partition coefficient (Wildman–Crippen LogP) is 2.41. The normalized spacial score (nSPS) is 11.6. The van der Waals surface area contributed by atoms with Crippen LogP contribution in [0.15, 0.2) is 60.7 Å². The van der Waals surface area contributed by atoms with Crippen molar-refractivity contribution < 1.29 is 14.3 Å². The van der Waals surface area contributed by atoms with E-state index in [0.717, 1.165) is 11.1 Å². The lowest BCUT2D eigenvalue weighted by Crippen LogP contribution is -2.37. The zero-order chi connectivity index (χ0) is 17.9. The number of hydrogen-bond acceptors (Lipinski definition) is 4. The summed E-state index contributed by atoms with van der Waals surface area (Å²) in [6, 6.07) is 19.3. The number of nitrogens with one attached hydrogen (secondary N) is 2. The van der Waals surface area contributed by atoms with Crippen molar-refractivity contribution in [2.24, 2.45) is 0 Å². The number of carbonyl (C=O) groups is 2. The lowest BCUT2D eigenvalue weighted by molar-refractivity contribution is -0.141. The van der Waals surface area contributed by atoms with E-state index in [9.17, 15) is 9.59 Å². The number of esters is 1. The first-order chi connectivity index (χ1) is 12.2. The molecule has 1 atom stereocenters. The van der Waals surface area contributed by atoms with E-state index in [0.29, 0.717) is 13.1 Å². The van der Waals surface area contributed by atoms with E-state index in [1.807, 2.05) is 60.7 Å². The Morgan fingerprint density at radius 2 is 1.44 bits per heavy atom. The van der Waals surface area contributed by atoms with E-state index in [1.54, 1.807) is 0 Å². The second-order valence-corrected chi connectivity index (χ2v) is 5.81. The van der Waals surface area contributed by atoms with Crippen LogP contribution < -0.4 is 10.6 Å². The van der Waals surface area contributed by atoms with Crippen molar-refractivity contribution in [2.45, 2.75) is 32.0 Å². The van der Waals surface area contributed by atoms with Gasteiger partial charge in [0.25, 0.3) is 0 Å². The summed E-state index contributed by atoms with van der Waals surface area (Å²) < 4.78 is 4.73. The van der Waals surface area contributed by atoms with Gasteiger partial charge in [-0.1, -0.05) is 60.7 Å². The fourth-order valence-electron chi connectivity index (χ4n) is 2.45. The van der Waals surface area contributed by atoms with Crippen LogP contribution in [0.2, 0.25) is 0 Å². The first-order valence-corrected chi connectivity index (χ1v) is 8.32. The third-order valence-corrected chi connectivity index (χ3v) is 3.84. The number of ether oxygens (including phenoxy) is 1. The molecular weight excluding hydrogens is 316 g/mol. The number of benzene rings is 2. The Morgan fingerprint density at radius 3 is 2.00 bits per heavy atom. The first-order valence-electron chi connectivity index (χ1n) is 8.32. The molecule has 2 aromatic rings. The largest absolute Gasteiger partial charge is 0.469 e. The molecule has 0 radical (unpaired) electrons. The monoisotopic (exact) mass is 340 g/mol. The van der Waals surface area contributed by atoms with Gasteiger partial charge in [0.15, 0.2) is 0 Å². The van der Waals surface area contributed by atoms with Gasteiger partial charge in [0.05, 0.1) is 13.5 Å². The maximum absolute atomic E-state index is 12.2. The second-order valence-electron chi connectivity index (χ2n) is 5.81. The van der Waals surface area contributed by atoms with Crippen molar-refractivity contribution in [1.29, 1.82) is 0 Å². The number of hydrogen-bond donors (Lipinski definition) is 2. The van der Waals surface area contributed by atoms with Gasteiger partial charge in [-0.15, -0.1) is 0 Å². The number of rotatable bonds is 9. The summed E-state index contributed by atoms with van der Waals surface area (Å²) in [6.45, 7) is 1.07. The van der Waals surface area contributed by atoms with Gasteiger partial charge in [0, 0.05) is 25.6 Å². The Kier molecular flexibility index (Phi) is 7.66. The number of carbonyl (C=O) groups excluding carboxylic acids is 2. The molecule has 25 heavy (non-hydrogen) atoms. The molecule has 0 aliphatic carbocycles. The van der Waals surface area contributed by atoms with Crippen LogP contribution in [0.25, 0.3) is 0 Å². The topological polar surface area (TPSA) is 67.4 Å². The van der Waals surface area contributed by atoms with Gasteiger partial charge in [-0.25, -0.2) is 0 Å². The van der Waals surface area contributed by atoms with Crippen molar-refractivity contribution >= 4 is 11.9 Å². The third kappa shape index (κ3) is 7.18. The fraction of sp³-hybridized carbons (Fsp3) is 0.300. The van der Waals surface area contributed by atoms with E-state index in [4.69, 9.17) is 4.74 Å². The van der Waals surface area contributed by atoms with Crippen LogP contribution in [0.1, 0.15) is 24.0 Å².